The van der Waals surface area contributed by atoms with E-state index < -0.39 is 23.6 Å². The molecule has 0 saturated heterocycles. The van der Waals surface area contributed by atoms with Crippen molar-refractivity contribution < 1.29 is 19.1 Å². The Hall–Kier alpha value is -4.41. The van der Waals surface area contributed by atoms with Crippen molar-refractivity contribution in [3.05, 3.63) is 70.9 Å². The van der Waals surface area contributed by atoms with E-state index in [9.17, 15) is 19.2 Å². The van der Waals surface area contributed by atoms with Crippen molar-refractivity contribution in [1.82, 2.24) is 24.8 Å². The molecule has 1 aromatic carbocycles. The van der Waals surface area contributed by atoms with Gasteiger partial charge in [-0.25, -0.2) is 9.78 Å². The number of ether oxygens (including phenoxy) is 1. The number of carbonyl (C=O) groups is 3. The molecule has 3 N–H and O–H groups in total. The predicted octanol–water partition coefficient (Wildman–Crippen LogP) is 1.86. The van der Waals surface area contributed by atoms with Gasteiger partial charge in [-0.15, -0.1) is 0 Å². The minimum Gasteiger partial charge on any atom is -0.453 e. The summed E-state index contributed by atoms with van der Waals surface area (Å²) in [5, 5.41) is 5.05. The Labute approximate surface area is 201 Å². The molecule has 0 aliphatic heterocycles. The number of fused-ring (bicyclic) bond motifs is 1. The molecule has 0 fully saturated rings. The number of rotatable bonds is 9. The van der Waals surface area contributed by atoms with Gasteiger partial charge in [0.2, 0.25) is 11.8 Å². The Kier molecular flexibility index (Phi) is 8.38. The van der Waals surface area contributed by atoms with Crippen molar-refractivity contribution >= 4 is 34.6 Å². The minimum absolute atomic E-state index is 0.0589. The molecule has 0 radical (unpaired) electrons. The maximum absolute atomic E-state index is 13.0. The predicted molar refractivity (Wildman–Crippen MR) is 131 cm³/mol. The van der Waals surface area contributed by atoms with Crippen molar-refractivity contribution in [2.24, 2.45) is 0 Å². The molecule has 0 aliphatic rings. The number of allylic oxidation sites excluding steroid dienone is 1. The van der Waals surface area contributed by atoms with Crippen LogP contribution in [0.3, 0.4) is 0 Å². The summed E-state index contributed by atoms with van der Waals surface area (Å²) < 4.78 is 6.03. The number of aromatic amines is 1. The number of hydrogen-bond donors (Lipinski definition) is 3. The highest BCUT2D eigenvalue weighted by Gasteiger charge is 2.22. The van der Waals surface area contributed by atoms with E-state index in [1.54, 1.807) is 32.4 Å². The van der Waals surface area contributed by atoms with Crippen LogP contribution in [0.4, 0.5) is 10.5 Å². The van der Waals surface area contributed by atoms with Crippen LogP contribution in [-0.2, 0) is 20.9 Å². The molecule has 11 heteroatoms. The van der Waals surface area contributed by atoms with Crippen molar-refractivity contribution in [2.75, 3.05) is 26.5 Å². The van der Waals surface area contributed by atoms with Crippen LogP contribution in [0.1, 0.15) is 18.7 Å². The summed E-state index contributed by atoms with van der Waals surface area (Å²) in [6, 6.07) is 9.67. The molecule has 0 aliphatic carbocycles. The minimum atomic E-state index is -0.981. The van der Waals surface area contributed by atoms with Crippen LogP contribution < -0.4 is 16.2 Å². The lowest BCUT2D eigenvalue weighted by Crippen LogP contribution is -2.44. The van der Waals surface area contributed by atoms with Gasteiger partial charge < -0.3 is 29.8 Å². The maximum Gasteiger partial charge on any atom is 0.407 e. The third-order valence-electron chi connectivity index (χ3n) is 5.15. The zero-order chi connectivity index (χ0) is 25.4. The van der Waals surface area contributed by atoms with Crippen LogP contribution in [0.25, 0.3) is 11.0 Å². The number of likely N-dealkylation sites (N-methyl/N-ethyl adjacent to an activating group) is 1. The second-order valence-corrected chi connectivity index (χ2v) is 7.95. The Morgan fingerprint density at radius 3 is 2.69 bits per heavy atom. The normalized spacial score (nSPS) is 11.9. The van der Waals surface area contributed by atoms with Crippen LogP contribution in [0.2, 0.25) is 0 Å². The van der Waals surface area contributed by atoms with E-state index in [4.69, 9.17) is 0 Å². The summed E-state index contributed by atoms with van der Waals surface area (Å²) in [4.78, 5) is 58.3. The number of benzene rings is 1. The molecule has 35 heavy (non-hydrogen) atoms. The van der Waals surface area contributed by atoms with Gasteiger partial charge in [0, 0.05) is 20.3 Å². The van der Waals surface area contributed by atoms with Gasteiger partial charge in [-0.1, -0.05) is 18.2 Å². The topological polar surface area (TPSA) is 138 Å². The number of hydrogen-bond acceptors (Lipinski definition) is 6. The number of alkyl carbamates (subject to hydrolysis) is 1. The molecule has 3 amide bonds. The molecule has 0 saturated carbocycles. The van der Waals surface area contributed by atoms with Gasteiger partial charge in [0.1, 0.15) is 17.6 Å². The highest BCUT2D eigenvalue weighted by molar-refractivity contribution is 5.96. The van der Waals surface area contributed by atoms with Gasteiger partial charge in [0.25, 0.3) is 5.56 Å². The lowest BCUT2D eigenvalue weighted by molar-refractivity contribution is -0.123. The van der Waals surface area contributed by atoms with Gasteiger partial charge >= 0.3 is 6.09 Å². The van der Waals surface area contributed by atoms with Crippen molar-refractivity contribution in [3.63, 3.8) is 0 Å². The fourth-order valence-corrected chi connectivity index (χ4v) is 3.28. The third kappa shape index (κ3) is 6.79. The van der Waals surface area contributed by atoms with Crippen molar-refractivity contribution in [1.29, 1.82) is 0 Å². The maximum atomic E-state index is 13.0. The first-order valence-electron chi connectivity index (χ1n) is 10.9. The number of anilines is 1. The van der Waals surface area contributed by atoms with E-state index in [1.165, 1.54) is 28.7 Å². The zero-order valence-electron chi connectivity index (χ0n) is 19.8. The van der Waals surface area contributed by atoms with Gasteiger partial charge in [-0.3, -0.25) is 14.4 Å². The molecule has 0 bridgehead atoms. The van der Waals surface area contributed by atoms with Crippen LogP contribution >= 0.6 is 0 Å². The molecule has 2 heterocycles. The second kappa shape index (κ2) is 11.6. The monoisotopic (exact) mass is 480 g/mol. The van der Waals surface area contributed by atoms with Gasteiger partial charge in [0.05, 0.1) is 24.7 Å². The SMILES string of the molecule is COC(=O)N[C@@H](CC/C=C/C(=O)N(C)C)C(=O)Nc1cccn(Cc2nc3ccccc3[nH]2)c1=O. The number of nitrogens with one attached hydrogen (secondary N) is 3. The average Bonchev–Trinajstić information content (AvgIpc) is 3.25. The number of methoxy groups -OCH3 is 1. The van der Waals surface area contributed by atoms with E-state index in [0.29, 0.717) is 12.2 Å². The Morgan fingerprint density at radius 2 is 1.97 bits per heavy atom. The number of pyridine rings is 1. The summed E-state index contributed by atoms with van der Waals surface area (Å²) in [5.41, 5.74) is 1.29. The second-order valence-electron chi connectivity index (χ2n) is 7.95. The molecule has 184 valence electrons. The Morgan fingerprint density at radius 1 is 1.20 bits per heavy atom. The molecular formula is C24H28N6O5. The highest BCUT2D eigenvalue weighted by Crippen LogP contribution is 2.11. The number of imidazole rings is 1. The smallest absolute Gasteiger partial charge is 0.407 e. The molecule has 11 nitrogen and oxygen atoms in total. The van der Waals surface area contributed by atoms with Gasteiger partial charge in [0.15, 0.2) is 0 Å². The fraction of sp³-hybridized carbons (Fsp3) is 0.292. The van der Waals surface area contributed by atoms with Crippen LogP contribution in [-0.4, -0.2) is 64.6 Å². The number of para-hydroxylation sites is 2. The molecule has 0 unspecified atom stereocenters. The quantitative estimate of drug-likeness (QED) is 0.400. The fourth-order valence-electron chi connectivity index (χ4n) is 3.28. The van der Waals surface area contributed by atoms with E-state index >= 15 is 0 Å². The summed E-state index contributed by atoms with van der Waals surface area (Å²) >= 11 is 0. The molecule has 3 aromatic rings. The number of carbonyl (C=O) groups excluding carboxylic acids is 3. The summed E-state index contributed by atoms with van der Waals surface area (Å²) in [6.07, 6.45) is 4.35. The lowest BCUT2D eigenvalue weighted by atomic mass is 10.1. The van der Waals surface area contributed by atoms with Gasteiger partial charge in [-0.2, -0.15) is 0 Å². The summed E-state index contributed by atoms with van der Waals surface area (Å²) in [5.74, 6) is -0.177. The third-order valence-corrected chi connectivity index (χ3v) is 5.15. The first-order chi connectivity index (χ1) is 16.8. The van der Waals surface area contributed by atoms with Crippen LogP contribution in [0.15, 0.2) is 59.5 Å². The van der Waals surface area contributed by atoms with Crippen LogP contribution in [0, 0.1) is 0 Å². The standard InChI is InChI=1S/C24H28N6O5/c1-29(2)21(31)13-7-6-11-18(28-24(34)35-3)22(32)27-19-12-8-14-30(23(19)33)15-20-25-16-9-4-5-10-17(16)26-20/h4-5,7-10,12-14,18H,6,11,15H2,1-3H3,(H,25,26)(H,27,32)(H,28,34)/b13-7+/t18-/m0/s1. The van der Waals surface area contributed by atoms with E-state index in [2.05, 4.69) is 25.3 Å². The number of amides is 3. The summed E-state index contributed by atoms with van der Waals surface area (Å²) in [6.45, 7) is 0.186. The molecule has 2 aromatic heterocycles. The molecule has 1 atom stereocenters. The Balaban J connectivity index is 1.71. The molecule has 3 rings (SSSR count). The number of H-pyrrole nitrogens is 1. The van der Waals surface area contributed by atoms with E-state index in [0.717, 1.165) is 11.0 Å². The first-order valence-corrected chi connectivity index (χ1v) is 10.9. The number of nitrogens with zero attached hydrogens (tertiary/aromatic N) is 3. The van der Waals surface area contributed by atoms with Crippen molar-refractivity contribution in [2.45, 2.75) is 25.4 Å². The highest BCUT2D eigenvalue weighted by atomic mass is 16.5. The van der Waals surface area contributed by atoms with E-state index in [1.807, 2.05) is 24.3 Å². The lowest BCUT2D eigenvalue weighted by Gasteiger charge is -2.17. The number of aromatic nitrogens is 3. The molecule has 0 spiro atoms. The average molecular weight is 481 g/mol. The Bertz CT molecular complexity index is 1260. The largest absolute Gasteiger partial charge is 0.453 e. The zero-order valence-corrected chi connectivity index (χ0v) is 19.8. The van der Waals surface area contributed by atoms with Gasteiger partial charge in [-0.05, 0) is 43.2 Å². The van der Waals surface area contributed by atoms with E-state index in [-0.39, 0.29) is 24.6 Å². The molecular weight excluding hydrogens is 452 g/mol. The first kappa shape index (κ1) is 25.2. The van der Waals surface area contributed by atoms with Crippen LogP contribution in [0.5, 0.6) is 0 Å². The van der Waals surface area contributed by atoms with Crippen molar-refractivity contribution in [3.8, 4) is 0 Å². The summed E-state index contributed by atoms with van der Waals surface area (Å²) in [7, 11) is 4.44.